The summed E-state index contributed by atoms with van der Waals surface area (Å²) in [6.07, 6.45) is 1.09. The topological polar surface area (TPSA) is 50.4 Å². The number of morpholine rings is 1. The number of hydrogen-bond acceptors (Lipinski definition) is 3. The number of rotatable bonds is 5. The van der Waals surface area contributed by atoms with Crippen LogP contribution in [0.5, 0.6) is 0 Å². The molecule has 0 aliphatic carbocycles. The summed E-state index contributed by atoms with van der Waals surface area (Å²) in [5.41, 5.74) is 2.47. The fourth-order valence-corrected chi connectivity index (χ4v) is 2.54. The van der Waals surface area contributed by atoms with Crippen molar-refractivity contribution in [3.8, 4) is 0 Å². The van der Waals surface area contributed by atoms with Gasteiger partial charge in [0.15, 0.2) is 0 Å². The van der Waals surface area contributed by atoms with Crippen LogP contribution < -0.4 is 10.6 Å². The Morgan fingerprint density at radius 1 is 1.32 bits per heavy atom. The molecule has 0 radical (unpaired) electrons. The first kappa shape index (κ1) is 18.9. The highest BCUT2D eigenvalue weighted by Gasteiger charge is 2.22. The number of amides is 1. The van der Waals surface area contributed by atoms with E-state index in [0.29, 0.717) is 19.1 Å². The third-order valence-corrected chi connectivity index (χ3v) is 3.72. The Kier molecular flexibility index (Phi) is 7.87. The van der Waals surface area contributed by atoms with Crippen LogP contribution >= 0.6 is 12.4 Å². The Balaban J connectivity index is 0.00000242. The van der Waals surface area contributed by atoms with Crippen molar-refractivity contribution in [1.82, 2.24) is 10.6 Å². The average molecular weight is 327 g/mol. The largest absolute Gasteiger partial charge is 0.378 e. The van der Waals surface area contributed by atoms with Crippen LogP contribution in [0.25, 0.3) is 0 Å². The molecule has 1 amide bonds. The Morgan fingerprint density at radius 2 is 2.00 bits per heavy atom. The van der Waals surface area contributed by atoms with Gasteiger partial charge in [-0.25, -0.2) is 0 Å². The number of halogens is 1. The van der Waals surface area contributed by atoms with Gasteiger partial charge in [-0.1, -0.05) is 38.1 Å². The van der Waals surface area contributed by atoms with E-state index in [1.807, 2.05) is 6.92 Å². The summed E-state index contributed by atoms with van der Waals surface area (Å²) in [6, 6.07) is 8.29. The van der Waals surface area contributed by atoms with E-state index in [4.69, 9.17) is 4.74 Å². The van der Waals surface area contributed by atoms with Gasteiger partial charge in [0.1, 0.15) is 6.04 Å². The molecule has 1 aromatic carbocycles. The molecule has 1 heterocycles. The lowest BCUT2D eigenvalue weighted by Crippen LogP contribution is -2.51. The van der Waals surface area contributed by atoms with Gasteiger partial charge in [0.05, 0.1) is 19.3 Å². The van der Waals surface area contributed by atoms with Crippen LogP contribution in [0.1, 0.15) is 37.9 Å². The second-order valence-corrected chi connectivity index (χ2v) is 6.15. The van der Waals surface area contributed by atoms with Crippen LogP contribution in [0, 0.1) is 5.92 Å². The smallest absolute Gasteiger partial charge is 0.240 e. The van der Waals surface area contributed by atoms with Crippen molar-refractivity contribution in [3.63, 3.8) is 0 Å². The Hall–Kier alpha value is -1.10. The predicted octanol–water partition coefficient (Wildman–Crippen LogP) is 2.47. The zero-order chi connectivity index (χ0) is 15.2. The van der Waals surface area contributed by atoms with Gasteiger partial charge in [-0.15, -0.1) is 12.4 Å². The highest BCUT2D eigenvalue weighted by molar-refractivity contribution is 5.85. The molecule has 124 valence electrons. The van der Waals surface area contributed by atoms with Crippen LogP contribution in [0.3, 0.4) is 0 Å². The highest BCUT2D eigenvalue weighted by Crippen LogP contribution is 2.15. The molecule has 1 aliphatic heterocycles. The number of nitrogens with one attached hydrogen (secondary N) is 2. The van der Waals surface area contributed by atoms with Crippen molar-refractivity contribution >= 4 is 18.3 Å². The molecule has 4 nitrogen and oxygen atoms in total. The summed E-state index contributed by atoms with van der Waals surface area (Å²) in [4.78, 5) is 12.1. The fourth-order valence-electron chi connectivity index (χ4n) is 2.54. The van der Waals surface area contributed by atoms with E-state index in [-0.39, 0.29) is 30.4 Å². The quantitative estimate of drug-likeness (QED) is 0.874. The average Bonchev–Trinajstić information content (AvgIpc) is 2.48. The molecule has 0 saturated carbocycles. The Morgan fingerprint density at radius 3 is 2.55 bits per heavy atom. The van der Waals surface area contributed by atoms with Gasteiger partial charge in [-0.3, -0.25) is 4.79 Å². The SMILES string of the molecule is CC(C)Cc1ccc(C(C)NC(=O)C2COCCN2)cc1.Cl. The minimum Gasteiger partial charge on any atom is -0.378 e. The molecule has 0 aromatic heterocycles. The van der Waals surface area contributed by atoms with Crippen LogP contribution in [0.15, 0.2) is 24.3 Å². The van der Waals surface area contributed by atoms with Crippen molar-refractivity contribution in [2.75, 3.05) is 19.8 Å². The van der Waals surface area contributed by atoms with E-state index in [2.05, 4.69) is 48.7 Å². The molecule has 1 saturated heterocycles. The van der Waals surface area contributed by atoms with Crippen LogP contribution in [0.4, 0.5) is 0 Å². The first-order valence-corrected chi connectivity index (χ1v) is 7.76. The predicted molar refractivity (Wildman–Crippen MR) is 91.4 cm³/mol. The monoisotopic (exact) mass is 326 g/mol. The van der Waals surface area contributed by atoms with Crippen molar-refractivity contribution in [1.29, 1.82) is 0 Å². The summed E-state index contributed by atoms with van der Waals surface area (Å²) in [5, 5.41) is 6.21. The molecule has 1 aliphatic rings. The van der Waals surface area contributed by atoms with Crippen LogP contribution in [-0.2, 0) is 16.0 Å². The number of ether oxygens (including phenoxy) is 1. The lowest BCUT2D eigenvalue weighted by molar-refractivity contribution is -0.126. The standard InChI is InChI=1S/C17H26N2O2.ClH/c1-12(2)10-14-4-6-15(7-5-14)13(3)19-17(20)16-11-21-9-8-18-16;/h4-7,12-13,16,18H,8-11H2,1-3H3,(H,19,20);1H. The minimum atomic E-state index is -0.235. The lowest BCUT2D eigenvalue weighted by atomic mass is 10.00. The zero-order valence-corrected chi connectivity index (χ0v) is 14.4. The maximum atomic E-state index is 12.1. The van der Waals surface area contributed by atoms with Gasteiger partial charge in [0.2, 0.25) is 5.91 Å². The lowest BCUT2D eigenvalue weighted by Gasteiger charge is -2.25. The van der Waals surface area contributed by atoms with Gasteiger partial charge in [-0.05, 0) is 30.4 Å². The van der Waals surface area contributed by atoms with Crippen molar-refractivity contribution in [2.24, 2.45) is 5.92 Å². The van der Waals surface area contributed by atoms with E-state index in [1.165, 1.54) is 5.56 Å². The van der Waals surface area contributed by atoms with Gasteiger partial charge >= 0.3 is 0 Å². The van der Waals surface area contributed by atoms with Crippen molar-refractivity contribution in [2.45, 2.75) is 39.3 Å². The fraction of sp³-hybridized carbons (Fsp3) is 0.588. The Labute approximate surface area is 139 Å². The van der Waals surface area contributed by atoms with E-state index < -0.39 is 0 Å². The molecular weight excluding hydrogens is 300 g/mol. The summed E-state index contributed by atoms with van der Waals surface area (Å²) in [5.74, 6) is 0.666. The zero-order valence-electron chi connectivity index (χ0n) is 13.6. The number of carbonyl (C=O) groups excluding carboxylic acids is 1. The van der Waals surface area contributed by atoms with E-state index >= 15 is 0 Å². The number of benzene rings is 1. The first-order chi connectivity index (χ1) is 10.1. The maximum Gasteiger partial charge on any atom is 0.240 e. The van der Waals surface area contributed by atoms with E-state index in [1.54, 1.807) is 0 Å². The van der Waals surface area contributed by atoms with Crippen molar-refractivity contribution in [3.05, 3.63) is 35.4 Å². The van der Waals surface area contributed by atoms with Gasteiger partial charge in [-0.2, -0.15) is 0 Å². The second-order valence-electron chi connectivity index (χ2n) is 6.15. The number of hydrogen-bond donors (Lipinski definition) is 2. The molecule has 22 heavy (non-hydrogen) atoms. The van der Waals surface area contributed by atoms with Crippen LogP contribution in [0.2, 0.25) is 0 Å². The molecule has 2 unspecified atom stereocenters. The molecule has 0 bridgehead atoms. The molecule has 1 aromatic rings. The normalized spacial score (nSPS) is 19.4. The summed E-state index contributed by atoms with van der Waals surface area (Å²) >= 11 is 0. The summed E-state index contributed by atoms with van der Waals surface area (Å²) in [7, 11) is 0. The molecule has 2 atom stereocenters. The third-order valence-electron chi connectivity index (χ3n) is 3.72. The van der Waals surface area contributed by atoms with Gasteiger partial charge in [0.25, 0.3) is 0 Å². The highest BCUT2D eigenvalue weighted by atomic mass is 35.5. The second kappa shape index (κ2) is 9.13. The van der Waals surface area contributed by atoms with Crippen LogP contribution in [-0.4, -0.2) is 31.7 Å². The summed E-state index contributed by atoms with van der Waals surface area (Å²) in [6.45, 7) is 8.31. The molecule has 0 spiro atoms. The Bertz CT molecular complexity index is 456. The van der Waals surface area contributed by atoms with Gasteiger partial charge in [0, 0.05) is 6.54 Å². The first-order valence-electron chi connectivity index (χ1n) is 7.76. The van der Waals surface area contributed by atoms with Crippen molar-refractivity contribution < 1.29 is 9.53 Å². The van der Waals surface area contributed by atoms with Gasteiger partial charge < -0.3 is 15.4 Å². The summed E-state index contributed by atoms with van der Waals surface area (Å²) < 4.78 is 5.32. The molecule has 2 N–H and O–H groups in total. The molecular formula is C17H27ClN2O2. The maximum absolute atomic E-state index is 12.1. The number of carbonyl (C=O) groups is 1. The van der Waals surface area contributed by atoms with E-state index in [9.17, 15) is 4.79 Å². The molecule has 2 rings (SSSR count). The third kappa shape index (κ3) is 5.59. The molecule has 5 heteroatoms. The molecule has 1 fully saturated rings. The van der Waals surface area contributed by atoms with E-state index in [0.717, 1.165) is 18.5 Å². The minimum absolute atomic E-state index is 0.